The van der Waals surface area contributed by atoms with Gasteiger partial charge in [0.15, 0.2) is 0 Å². The quantitative estimate of drug-likeness (QED) is 0.717. The van der Waals surface area contributed by atoms with Gasteiger partial charge >= 0.3 is 5.97 Å². The fourth-order valence-corrected chi connectivity index (χ4v) is 4.19. The van der Waals surface area contributed by atoms with E-state index >= 15 is 0 Å². The number of rotatable bonds is 8. The molecule has 0 aliphatic heterocycles. The highest BCUT2D eigenvalue weighted by Gasteiger charge is 2.39. The van der Waals surface area contributed by atoms with Crippen LogP contribution in [0.3, 0.4) is 0 Å². The van der Waals surface area contributed by atoms with E-state index in [1.807, 2.05) is 6.92 Å². The summed E-state index contributed by atoms with van der Waals surface area (Å²) < 4.78 is 0. The number of nitrogens with zero attached hydrogens (tertiary/aromatic N) is 1. The monoisotopic (exact) mass is 282 g/mol. The lowest BCUT2D eigenvalue weighted by atomic mass is 9.88. The Labute approximate surface area is 122 Å². The van der Waals surface area contributed by atoms with Gasteiger partial charge in [0.1, 0.15) is 5.54 Å². The van der Waals surface area contributed by atoms with Gasteiger partial charge in [-0.05, 0) is 69.9 Å². The molecule has 4 atom stereocenters. The number of hydrogen-bond donors (Lipinski definition) is 2. The zero-order chi connectivity index (χ0) is 14.8. The van der Waals surface area contributed by atoms with E-state index in [0.717, 1.165) is 30.7 Å². The number of carbonyl (C=O) groups is 1. The fraction of sp³-hybridized carbons (Fsp3) is 0.938. The molecule has 2 rings (SSSR count). The molecule has 0 heterocycles. The minimum atomic E-state index is -1.03. The van der Waals surface area contributed by atoms with Crippen molar-refractivity contribution >= 4 is 5.97 Å². The number of aliphatic carboxylic acids is 1. The Balaban J connectivity index is 1.68. The maximum absolute atomic E-state index is 11.2. The van der Waals surface area contributed by atoms with Crippen LogP contribution in [-0.4, -0.2) is 41.7 Å². The average Bonchev–Trinajstić information content (AvgIpc) is 3.00. The van der Waals surface area contributed by atoms with Crippen LogP contribution in [-0.2, 0) is 4.79 Å². The Morgan fingerprint density at radius 3 is 2.65 bits per heavy atom. The summed E-state index contributed by atoms with van der Waals surface area (Å²) in [5.41, 5.74) is 4.89. The van der Waals surface area contributed by atoms with Gasteiger partial charge in [-0.1, -0.05) is 13.3 Å². The predicted molar refractivity (Wildman–Crippen MR) is 80.5 cm³/mol. The highest BCUT2D eigenvalue weighted by molar-refractivity contribution is 5.78. The first-order chi connectivity index (χ1) is 9.44. The van der Waals surface area contributed by atoms with Gasteiger partial charge < -0.3 is 15.7 Å². The fourth-order valence-electron chi connectivity index (χ4n) is 4.19. The van der Waals surface area contributed by atoms with E-state index in [-0.39, 0.29) is 0 Å². The van der Waals surface area contributed by atoms with Gasteiger partial charge in [-0.2, -0.15) is 0 Å². The number of carboxylic acids is 1. The zero-order valence-electron chi connectivity index (χ0n) is 13.0. The lowest BCUT2D eigenvalue weighted by Gasteiger charge is -2.28. The van der Waals surface area contributed by atoms with Crippen LogP contribution < -0.4 is 5.73 Å². The largest absolute Gasteiger partial charge is 0.480 e. The highest BCUT2D eigenvalue weighted by atomic mass is 16.4. The third-order valence-electron chi connectivity index (χ3n) is 5.65. The molecule has 2 saturated carbocycles. The normalized spacial score (nSPS) is 31.7. The molecule has 2 fully saturated rings. The smallest absolute Gasteiger partial charge is 0.323 e. The van der Waals surface area contributed by atoms with Crippen LogP contribution in [0.1, 0.15) is 51.9 Å². The van der Waals surface area contributed by atoms with Gasteiger partial charge in [-0.25, -0.2) is 0 Å². The van der Waals surface area contributed by atoms with E-state index in [1.54, 1.807) is 0 Å². The van der Waals surface area contributed by atoms with Gasteiger partial charge in [0, 0.05) is 6.54 Å². The molecule has 2 aliphatic carbocycles. The molecular weight excluding hydrogens is 252 g/mol. The van der Waals surface area contributed by atoms with Crippen molar-refractivity contribution in [2.75, 3.05) is 20.1 Å². The molecule has 0 aromatic heterocycles. The lowest BCUT2D eigenvalue weighted by molar-refractivity contribution is -0.143. The molecule has 116 valence electrons. The first-order valence-corrected chi connectivity index (χ1v) is 8.15. The average molecular weight is 282 g/mol. The van der Waals surface area contributed by atoms with Crippen LogP contribution >= 0.6 is 0 Å². The van der Waals surface area contributed by atoms with Gasteiger partial charge in [-0.3, -0.25) is 4.79 Å². The Hall–Kier alpha value is -0.610. The van der Waals surface area contributed by atoms with Crippen LogP contribution in [0.15, 0.2) is 0 Å². The Morgan fingerprint density at radius 2 is 2.15 bits per heavy atom. The van der Waals surface area contributed by atoms with Gasteiger partial charge in [0.25, 0.3) is 0 Å². The summed E-state index contributed by atoms with van der Waals surface area (Å²) in [5, 5.41) is 9.16. The van der Waals surface area contributed by atoms with Crippen molar-refractivity contribution < 1.29 is 9.90 Å². The van der Waals surface area contributed by atoms with E-state index < -0.39 is 11.5 Å². The first kappa shape index (κ1) is 15.8. The standard InChI is InChI=1S/C16H30N2O2/c1-3-16(17,15(19)20)7-4-8-18(2)11-14-10-12-5-6-13(14)9-12/h12-14H,3-11,17H2,1-2H3,(H,19,20). The molecule has 0 aromatic rings. The lowest BCUT2D eigenvalue weighted by Crippen LogP contribution is -2.47. The molecule has 0 amide bonds. The first-order valence-electron chi connectivity index (χ1n) is 8.15. The second kappa shape index (κ2) is 6.44. The van der Waals surface area contributed by atoms with Crippen molar-refractivity contribution in [2.45, 2.75) is 57.4 Å². The van der Waals surface area contributed by atoms with Crippen LogP contribution in [0.25, 0.3) is 0 Å². The van der Waals surface area contributed by atoms with Crippen LogP contribution in [0.4, 0.5) is 0 Å². The van der Waals surface area contributed by atoms with Crippen LogP contribution in [0, 0.1) is 17.8 Å². The van der Waals surface area contributed by atoms with E-state index in [9.17, 15) is 4.79 Å². The molecule has 4 heteroatoms. The number of hydrogen-bond acceptors (Lipinski definition) is 3. The molecule has 2 aliphatic rings. The van der Waals surface area contributed by atoms with Gasteiger partial charge in [-0.15, -0.1) is 0 Å². The molecule has 0 spiro atoms. The van der Waals surface area contributed by atoms with E-state index in [0.29, 0.717) is 12.8 Å². The number of fused-ring (bicyclic) bond motifs is 2. The molecule has 0 saturated heterocycles. The van der Waals surface area contributed by atoms with Crippen molar-refractivity contribution in [1.29, 1.82) is 0 Å². The Bertz CT molecular complexity index is 347. The van der Waals surface area contributed by atoms with Crippen molar-refractivity contribution in [3.8, 4) is 0 Å². The van der Waals surface area contributed by atoms with Gasteiger partial charge in [0.05, 0.1) is 0 Å². The third kappa shape index (κ3) is 3.53. The molecule has 2 bridgehead atoms. The van der Waals surface area contributed by atoms with E-state index in [2.05, 4.69) is 11.9 Å². The maximum Gasteiger partial charge on any atom is 0.323 e. The van der Waals surface area contributed by atoms with Crippen LogP contribution in [0.5, 0.6) is 0 Å². The molecule has 0 radical (unpaired) electrons. The molecule has 3 N–H and O–H groups in total. The predicted octanol–water partition coefficient (Wildman–Crippen LogP) is 2.33. The van der Waals surface area contributed by atoms with Crippen molar-refractivity contribution in [3.63, 3.8) is 0 Å². The molecular formula is C16H30N2O2. The summed E-state index contributed by atoms with van der Waals surface area (Å²) in [6, 6.07) is 0. The summed E-state index contributed by atoms with van der Waals surface area (Å²) in [5.74, 6) is 1.98. The number of carboxylic acid groups (broad SMARTS) is 1. The van der Waals surface area contributed by atoms with E-state index in [4.69, 9.17) is 10.8 Å². The Kier molecular flexibility index (Phi) is 5.08. The molecule has 20 heavy (non-hydrogen) atoms. The summed E-state index contributed by atoms with van der Waals surface area (Å²) in [7, 11) is 2.16. The molecule has 0 aromatic carbocycles. The third-order valence-corrected chi connectivity index (χ3v) is 5.65. The van der Waals surface area contributed by atoms with Crippen LogP contribution in [0.2, 0.25) is 0 Å². The highest BCUT2D eigenvalue weighted by Crippen LogP contribution is 2.48. The summed E-state index contributed by atoms with van der Waals surface area (Å²) in [6.07, 6.45) is 7.70. The maximum atomic E-state index is 11.2. The Morgan fingerprint density at radius 1 is 1.40 bits per heavy atom. The van der Waals surface area contributed by atoms with Crippen molar-refractivity contribution in [2.24, 2.45) is 23.5 Å². The topological polar surface area (TPSA) is 66.6 Å². The minimum Gasteiger partial charge on any atom is -0.480 e. The summed E-state index contributed by atoms with van der Waals surface area (Å²) >= 11 is 0. The van der Waals surface area contributed by atoms with Gasteiger partial charge in [0.2, 0.25) is 0 Å². The minimum absolute atomic E-state index is 0.498. The second-order valence-corrected chi connectivity index (χ2v) is 7.12. The zero-order valence-corrected chi connectivity index (χ0v) is 13.0. The summed E-state index contributed by atoms with van der Waals surface area (Å²) in [4.78, 5) is 13.5. The van der Waals surface area contributed by atoms with E-state index in [1.165, 1.54) is 32.2 Å². The molecule has 4 unspecified atom stereocenters. The van der Waals surface area contributed by atoms with Crippen molar-refractivity contribution in [1.82, 2.24) is 4.90 Å². The van der Waals surface area contributed by atoms with Crippen molar-refractivity contribution in [3.05, 3.63) is 0 Å². The summed E-state index contributed by atoms with van der Waals surface area (Å²) in [6.45, 7) is 3.99. The molecule has 4 nitrogen and oxygen atoms in total. The number of nitrogens with two attached hydrogens (primary N) is 1. The SMILES string of the molecule is CCC(N)(CCCN(C)CC1CC2CCC1C2)C(=O)O. The second-order valence-electron chi connectivity index (χ2n) is 7.12.